The fourth-order valence-corrected chi connectivity index (χ4v) is 4.81. The molecule has 2 aliphatic rings. The molecule has 0 amide bonds. The van der Waals surface area contributed by atoms with Gasteiger partial charge in [0.25, 0.3) is 0 Å². The van der Waals surface area contributed by atoms with Gasteiger partial charge in [-0.1, -0.05) is 6.07 Å². The second-order valence-electron chi connectivity index (χ2n) is 10.0. The molecule has 0 radical (unpaired) electrons. The molecule has 5 rings (SSSR count). The number of hydrogen-bond acceptors (Lipinski definition) is 15. The summed E-state index contributed by atoms with van der Waals surface area (Å²) in [4.78, 5) is 12.4. The zero-order chi connectivity index (χ0) is 30.3. The summed E-state index contributed by atoms with van der Waals surface area (Å²) in [6.45, 7) is -1.87. The summed E-state index contributed by atoms with van der Waals surface area (Å²) in [5.74, 6) is -0.611. The lowest BCUT2D eigenvalue weighted by Crippen LogP contribution is -2.60. The third kappa shape index (κ3) is 5.49. The van der Waals surface area contributed by atoms with Crippen molar-refractivity contribution in [1.29, 1.82) is 0 Å². The highest BCUT2D eigenvalue weighted by Crippen LogP contribution is 2.41. The quantitative estimate of drug-likeness (QED) is 0.110. The maximum Gasteiger partial charge on any atom is 0.336 e. The summed E-state index contributed by atoms with van der Waals surface area (Å²) in [7, 11) is 1.36. The number of rotatable bonds is 8. The summed E-state index contributed by atoms with van der Waals surface area (Å²) >= 11 is 0. The minimum atomic E-state index is -2.10. The number of benzene rings is 2. The van der Waals surface area contributed by atoms with Crippen molar-refractivity contribution in [2.75, 3.05) is 26.9 Å². The van der Waals surface area contributed by atoms with Crippen molar-refractivity contribution in [2.45, 2.75) is 48.7 Å². The maximum absolute atomic E-state index is 12.4. The first-order valence-corrected chi connectivity index (χ1v) is 12.7. The lowest BCUT2D eigenvalue weighted by Gasteiger charge is -2.40. The minimum absolute atomic E-state index is 0.00110. The number of fused-ring (bicyclic) bond motifs is 1. The molecule has 3 aromatic rings. The fraction of sp³-hybridized carbons (Fsp3) is 0.444. The van der Waals surface area contributed by atoms with Crippen molar-refractivity contribution in [1.82, 2.24) is 0 Å². The Morgan fingerprint density at radius 1 is 0.976 bits per heavy atom. The van der Waals surface area contributed by atoms with Crippen LogP contribution in [-0.2, 0) is 14.2 Å². The molecule has 42 heavy (non-hydrogen) atoms. The van der Waals surface area contributed by atoms with Crippen LogP contribution in [0.5, 0.6) is 23.0 Å². The zero-order valence-electron chi connectivity index (χ0n) is 22.1. The average Bonchev–Trinajstić information content (AvgIpc) is 3.25. The summed E-state index contributed by atoms with van der Waals surface area (Å²) < 4.78 is 32.8. The molecule has 1 aromatic heterocycles. The predicted octanol–water partition coefficient (Wildman–Crippen LogP) is -1.48. The monoisotopic (exact) mass is 594 g/mol. The van der Waals surface area contributed by atoms with Crippen LogP contribution in [0.4, 0.5) is 0 Å². The number of aromatic hydroxyl groups is 2. The Hall–Kier alpha value is -3.51. The van der Waals surface area contributed by atoms with Gasteiger partial charge in [0.05, 0.1) is 32.3 Å². The molecule has 0 aliphatic carbocycles. The Kier molecular flexibility index (Phi) is 8.30. The molecule has 2 fully saturated rings. The van der Waals surface area contributed by atoms with Crippen molar-refractivity contribution < 1.29 is 69.0 Å². The van der Waals surface area contributed by atoms with Gasteiger partial charge in [0.2, 0.25) is 6.29 Å². The maximum atomic E-state index is 12.4. The van der Waals surface area contributed by atoms with E-state index in [2.05, 4.69) is 0 Å². The van der Waals surface area contributed by atoms with Gasteiger partial charge in [-0.05, 0) is 17.7 Å². The predicted molar refractivity (Wildman–Crippen MR) is 139 cm³/mol. The smallest absolute Gasteiger partial charge is 0.336 e. The Balaban J connectivity index is 1.42. The van der Waals surface area contributed by atoms with Crippen LogP contribution in [0.25, 0.3) is 22.1 Å². The first kappa shape index (κ1) is 30.0. The first-order chi connectivity index (χ1) is 19.9. The van der Waals surface area contributed by atoms with Crippen molar-refractivity contribution in [3.8, 4) is 34.1 Å². The molecular formula is C27H30O15. The summed E-state index contributed by atoms with van der Waals surface area (Å²) in [5, 5.41) is 81.5. The molecule has 15 heteroatoms. The fourth-order valence-electron chi connectivity index (χ4n) is 4.81. The van der Waals surface area contributed by atoms with Gasteiger partial charge < -0.3 is 69.0 Å². The highest BCUT2D eigenvalue weighted by atomic mass is 16.7. The molecule has 3 heterocycles. The van der Waals surface area contributed by atoms with E-state index in [1.807, 2.05) is 0 Å². The van der Waals surface area contributed by atoms with Gasteiger partial charge in [0.15, 0.2) is 17.8 Å². The van der Waals surface area contributed by atoms with Crippen molar-refractivity contribution in [2.24, 2.45) is 0 Å². The first-order valence-electron chi connectivity index (χ1n) is 12.7. The highest BCUT2D eigenvalue weighted by molar-refractivity contribution is 5.98. The van der Waals surface area contributed by atoms with Gasteiger partial charge in [-0.2, -0.15) is 0 Å². The van der Waals surface area contributed by atoms with E-state index in [1.54, 1.807) is 0 Å². The van der Waals surface area contributed by atoms with Gasteiger partial charge in [0.1, 0.15) is 53.2 Å². The molecule has 2 aromatic carbocycles. The molecule has 2 saturated heterocycles. The third-order valence-corrected chi connectivity index (χ3v) is 7.20. The minimum Gasteiger partial charge on any atom is -0.504 e. The Labute approximate surface area is 236 Å². The Morgan fingerprint density at radius 3 is 2.43 bits per heavy atom. The molecular weight excluding hydrogens is 564 g/mol. The van der Waals surface area contributed by atoms with Crippen LogP contribution in [0.1, 0.15) is 0 Å². The van der Waals surface area contributed by atoms with Crippen LogP contribution in [0.15, 0.2) is 45.6 Å². The topological polar surface area (TPSA) is 238 Å². The van der Waals surface area contributed by atoms with E-state index < -0.39 is 79.9 Å². The molecule has 8 N–H and O–H groups in total. The van der Waals surface area contributed by atoms with Gasteiger partial charge in [0, 0.05) is 23.8 Å². The van der Waals surface area contributed by atoms with E-state index in [0.29, 0.717) is 5.56 Å². The third-order valence-electron chi connectivity index (χ3n) is 7.20. The van der Waals surface area contributed by atoms with E-state index in [1.165, 1.54) is 37.4 Å². The number of aliphatic hydroxyl groups excluding tert-OH is 5. The van der Waals surface area contributed by atoms with E-state index >= 15 is 0 Å². The average molecular weight is 595 g/mol. The van der Waals surface area contributed by atoms with Crippen LogP contribution >= 0.6 is 0 Å². The molecule has 2 aliphatic heterocycles. The number of phenols is 2. The molecule has 0 spiro atoms. The SMILES string of the molecule is COc1cc(O[C@@H]2OC[C@](O)(CO[C@@H]3OC(CO)[C@@H](O)[C@H](O)C3O)C2O)c2c(-c3ccc(O)c(O)c3)cc(=O)oc2c1. The van der Waals surface area contributed by atoms with Crippen LogP contribution in [0.2, 0.25) is 0 Å². The molecule has 228 valence electrons. The second-order valence-corrected chi connectivity index (χ2v) is 10.0. The zero-order valence-corrected chi connectivity index (χ0v) is 22.1. The Bertz CT molecular complexity index is 1490. The van der Waals surface area contributed by atoms with Crippen molar-refractivity contribution in [3.05, 3.63) is 46.8 Å². The summed E-state index contributed by atoms with van der Waals surface area (Å²) in [6.07, 6.45) is -11.1. The molecule has 8 atom stereocenters. The number of hydrogen-bond donors (Lipinski definition) is 8. The van der Waals surface area contributed by atoms with Gasteiger partial charge in [-0.3, -0.25) is 0 Å². The van der Waals surface area contributed by atoms with E-state index in [9.17, 15) is 45.6 Å². The summed E-state index contributed by atoms with van der Waals surface area (Å²) in [5.41, 5.74) is -2.26. The van der Waals surface area contributed by atoms with Crippen molar-refractivity contribution in [3.63, 3.8) is 0 Å². The van der Waals surface area contributed by atoms with Crippen LogP contribution in [0, 0.1) is 0 Å². The lowest BCUT2D eigenvalue weighted by molar-refractivity contribution is -0.310. The van der Waals surface area contributed by atoms with E-state index in [-0.39, 0.29) is 33.8 Å². The van der Waals surface area contributed by atoms with Gasteiger partial charge in [-0.25, -0.2) is 4.79 Å². The van der Waals surface area contributed by atoms with Crippen LogP contribution in [-0.4, -0.2) is 116 Å². The normalized spacial score (nSPS) is 31.4. The lowest BCUT2D eigenvalue weighted by atomic mass is 9.98. The molecule has 0 saturated carbocycles. The molecule has 0 bridgehead atoms. The van der Waals surface area contributed by atoms with Crippen molar-refractivity contribution >= 4 is 11.0 Å². The van der Waals surface area contributed by atoms with Crippen LogP contribution in [0.3, 0.4) is 0 Å². The second kappa shape index (κ2) is 11.6. The number of aliphatic hydroxyl groups is 6. The molecule has 15 nitrogen and oxygen atoms in total. The van der Waals surface area contributed by atoms with Crippen LogP contribution < -0.4 is 15.1 Å². The summed E-state index contributed by atoms with van der Waals surface area (Å²) in [6, 6.07) is 7.90. The highest BCUT2D eigenvalue weighted by Gasteiger charge is 2.52. The Morgan fingerprint density at radius 2 is 1.74 bits per heavy atom. The van der Waals surface area contributed by atoms with E-state index in [0.717, 1.165) is 6.07 Å². The number of phenolic OH excluding ortho intramolecular Hbond substituents is 2. The number of methoxy groups -OCH3 is 1. The standard InChI is InChI=1S/C27H30O15/c1-37-12-5-16-20(13(7-19(31)40-16)11-2-3-14(29)15(30)4-11)17(6-12)41-26-24(35)27(36,10-39-26)9-38-25-23(34)22(33)21(32)18(8-28)42-25/h2-7,18,21-26,28-30,32-36H,8-10H2,1H3/t18?,21-,22+,23?,24?,25-,26+,27-/m1/s1. The molecule has 3 unspecified atom stereocenters. The number of ether oxygens (including phenoxy) is 5. The largest absolute Gasteiger partial charge is 0.504 e. The van der Waals surface area contributed by atoms with Gasteiger partial charge in [-0.15, -0.1) is 0 Å². The van der Waals surface area contributed by atoms with E-state index in [4.69, 9.17) is 28.1 Å². The van der Waals surface area contributed by atoms with Gasteiger partial charge >= 0.3 is 5.63 Å².